The van der Waals surface area contributed by atoms with Crippen LogP contribution in [0.4, 0.5) is 0 Å². The molecule has 12 heavy (non-hydrogen) atoms. The molecule has 0 aliphatic heterocycles. The molecule has 0 aliphatic rings. The summed E-state index contributed by atoms with van der Waals surface area (Å²) in [6, 6.07) is 0. The topological polar surface area (TPSA) is 58.9 Å². The van der Waals surface area contributed by atoms with Gasteiger partial charge >= 0.3 is 79.8 Å². The second-order valence-corrected chi connectivity index (χ2v) is 11.4. The summed E-state index contributed by atoms with van der Waals surface area (Å²) in [6.45, 7) is 9.18. The van der Waals surface area contributed by atoms with Crippen LogP contribution < -0.4 is 0 Å². The van der Waals surface area contributed by atoms with Crippen molar-refractivity contribution in [3.05, 3.63) is 0 Å². The first-order chi connectivity index (χ1) is 5.12. The number of hydrogen-bond acceptors (Lipinski definition) is 4. The Hall–Kier alpha value is 0.771. The first kappa shape index (κ1) is 12.8. The minimum absolute atomic E-state index is 0.198. The van der Waals surface area contributed by atoms with Gasteiger partial charge in [-0.1, -0.05) is 0 Å². The van der Waals surface area contributed by atoms with Gasteiger partial charge < -0.3 is 0 Å². The zero-order valence-electron chi connectivity index (χ0n) is 8.29. The molecule has 0 radical (unpaired) electrons. The molecule has 6 heteroatoms. The normalized spacial score (nSPS) is 14.0. The summed E-state index contributed by atoms with van der Waals surface area (Å²) in [4.78, 5) is 0. The van der Waals surface area contributed by atoms with Crippen molar-refractivity contribution in [2.75, 3.05) is 0 Å². The van der Waals surface area contributed by atoms with Gasteiger partial charge in [0.25, 0.3) is 0 Å². The molecule has 0 amide bonds. The monoisotopic (exact) mass is 230 g/mol. The molecule has 0 atom stereocenters. The van der Waals surface area contributed by atoms with Crippen molar-refractivity contribution in [1.29, 1.82) is 0 Å². The summed E-state index contributed by atoms with van der Waals surface area (Å²) in [6.07, 6.45) is -0.198. The molecular formula is C6H18O4SiTi. The quantitative estimate of drug-likeness (QED) is 0.709. The molecular weight excluding hydrogens is 212 g/mol. The second kappa shape index (κ2) is 4.32. The summed E-state index contributed by atoms with van der Waals surface area (Å²) < 4.78 is 28.8. The third-order valence-corrected chi connectivity index (χ3v) is 7.04. The molecule has 4 nitrogen and oxygen atoms in total. The predicted molar refractivity (Wildman–Crippen MR) is 45.1 cm³/mol. The summed E-state index contributed by atoms with van der Waals surface area (Å²) in [7, 11) is -1.90. The van der Waals surface area contributed by atoms with Crippen molar-refractivity contribution in [2.45, 2.75) is 39.6 Å². The Morgan fingerprint density at radius 3 is 1.83 bits per heavy atom. The summed E-state index contributed by atoms with van der Waals surface area (Å²) in [5.41, 5.74) is 0. The third kappa shape index (κ3) is 7.42. The molecule has 0 saturated carbocycles. The molecule has 74 valence electrons. The molecule has 0 aromatic rings. The minimum atomic E-state index is -4.33. The van der Waals surface area contributed by atoms with Gasteiger partial charge in [0.05, 0.1) is 0 Å². The Kier molecular flexibility index (Phi) is 4.60. The van der Waals surface area contributed by atoms with Crippen molar-refractivity contribution < 1.29 is 31.8 Å². The fourth-order valence-corrected chi connectivity index (χ4v) is 6.50. The van der Waals surface area contributed by atoms with Crippen molar-refractivity contribution in [3.63, 3.8) is 0 Å². The number of rotatable bonds is 4. The van der Waals surface area contributed by atoms with Gasteiger partial charge in [0.15, 0.2) is 0 Å². The van der Waals surface area contributed by atoms with Crippen LogP contribution in [0.1, 0.15) is 13.8 Å². The average molecular weight is 230 g/mol. The summed E-state index contributed by atoms with van der Waals surface area (Å²) in [5, 5.41) is 0. The Morgan fingerprint density at radius 2 is 1.58 bits per heavy atom. The van der Waals surface area contributed by atoms with Crippen molar-refractivity contribution in [1.82, 2.24) is 0 Å². The predicted octanol–water partition coefficient (Wildman–Crippen LogP) is 1.06. The molecule has 0 unspecified atom stereocenters. The van der Waals surface area contributed by atoms with Crippen LogP contribution in [0.3, 0.4) is 0 Å². The van der Waals surface area contributed by atoms with E-state index in [-0.39, 0.29) is 6.10 Å². The third-order valence-electron chi connectivity index (χ3n) is 0.828. The molecule has 0 saturated heterocycles. The zero-order chi connectivity index (χ0) is 9.99. The van der Waals surface area contributed by atoms with Gasteiger partial charge in [0.1, 0.15) is 0 Å². The SMILES string of the molecule is CC(C)[O][Ti]([OH])([OH])[O][Si](C)(C)C. The Bertz CT molecular complexity index is 143. The Labute approximate surface area is 79.9 Å². The van der Waals surface area contributed by atoms with E-state index in [9.17, 15) is 7.38 Å². The van der Waals surface area contributed by atoms with E-state index in [0.717, 1.165) is 0 Å². The molecule has 0 rings (SSSR count). The van der Waals surface area contributed by atoms with E-state index in [1.165, 1.54) is 0 Å². The molecule has 0 aromatic carbocycles. The van der Waals surface area contributed by atoms with E-state index in [1.54, 1.807) is 13.8 Å². The first-order valence-corrected chi connectivity index (χ1v) is 10.0. The van der Waals surface area contributed by atoms with Crippen LogP contribution in [0, 0.1) is 0 Å². The van der Waals surface area contributed by atoms with Crippen LogP contribution in [0.5, 0.6) is 0 Å². The van der Waals surface area contributed by atoms with Crippen molar-refractivity contribution >= 4 is 8.32 Å². The van der Waals surface area contributed by atoms with Gasteiger partial charge in [0.2, 0.25) is 0 Å². The molecule has 0 fully saturated rings. The molecule has 0 aliphatic carbocycles. The van der Waals surface area contributed by atoms with Gasteiger partial charge in [-0.25, -0.2) is 0 Å². The van der Waals surface area contributed by atoms with Gasteiger partial charge in [-0.15, -0.1) is 0 Å². The fraction of sp³-hybridized carbons (Fsp3) is 1.00. The van der Waals surface area contributed by atoms with E-state index >= 15 is 0 Å². The molecule has 0 aromatic heterocycles. The Morgan fingerprint density at radius 1 is 1.17 bits per heavy atom. The van der Waals surface area contributed by atoms with Crippen LogP contribution >= 0.6 is 0 Å². The Balaban J connectivity index is 4.04. The van der Waals surface area contributed by atoms with Crippen LogP contribution in [0.2, 0.25) is 19.6 Å². The van der Waals surface area contributed by atoms with E-state index < -0.39 is 26.5 Å². The maximum absolute atomic E-state index is 9.35. The zero-order valence-corrected chi connectivity index (χ0v) is 10.8. The molecule has 0 heterocycles. The standard InChI is InChI=1S/C3H9OSi.C3H7O.2H2O.Ti/c1-5(2,3)4;1-3(2)4;;;/h1-3H3;3H,1-2H3;2*1H2;/q2*-1;;;+4/p-2. The van der Waals surface area contributed by atoms with Crippen LogP contribution in [-0.4, -0.2) is 21.8 Å². The molecule has 0 spiro atoms. The molecule has 2 N–H and O–H groups in total. The van der Waals surface area contributed by atoms with Crippen molar-refractivity contribution in [3.8, 4) is 0 Å². The summed E-state index contributed by atoms with van der Waals surface area (Å²) in [5.74, 6) is 0. The maximum atomic E-state index is 9.35. The average Bonchev–Trinajstić information content (AvgIpc) is 1.48. The van der Waals surface area contributed by atoms with Crippen LogP contribution in [-0.2, 0) is 24.5 Å². The first-order valence-electron chi connectivity index (χ1n) is 3.95. The van der Waals surface area contributed by atoms with Gasteiger partial charge in [-0.2, -0.15) is 0 Å². The van der Waals surface area contributed by atoms with E-state index in [4.69, 9.17) is 6.33 Å². The van der Waals surface area contributed by atoms with Gasteiger partial charge in [-0.3, -0.25) is 0 Å². The second-order valence-electron chi connectivity index (χ2n) is 3.93. The molecule has 0 bridgehead atoms. The van der Waals surface area contributed by atoms with E-state index in [1.807, 2.05) is 19.6 Å². The van der Waals surface area contributed by atoms with E-state index in [0.29, 0.717) is 0 Å². The van der Waals surface area contributed by atoms with E-state index in [2.05, 4.69) is 0 Å². The number of hydrogen-bond donors (Lipinski definition) is 2. The summed E-state index contributed by atoms with van der Waals surface area (Å²) >= 11 is -4.33. The van der Waals surface area contributed by atoms with Crippen molar-refractivity contribution in [2.24, 2.45) is 0 Å². The fourth-order valence-electron chi connectivity index (χ4n) is 0.730. The van der Waals surface area contributed by atoms with Crippen LogP contribution in [0.25, 0.3) is 0 Å². The van der Waals surface area contributed by atoms with Crippen LogP contribution in [0.15, 0.2) is 0 Å². The van der Waals surface area contributed by atoms with Gasteiger partial charge in [0, 0.05) is 0 Å². The van der Waals surface area contributed by atoms with Gasteiger partial charge in [-0.05, 0) is 0 Å².